The Balaban J connectivity index is 2.08. The van der Waals surface area contributed by atoms with Gasteiger partial charge < -0.3 is 14.6 Å². The van der Waals surface area contributed by atoms with Gasteiger partial charge in [-0.2, -0.15) is 0 Å². The highest BCUT2D eigenvalue weighted by Gasteiger charge is 2.10. The lowest BCUT2D eigenvalue weighted by atomic mass is 10.2. The van der Waals surface area contributed by atoms with Gasteiger partial charge in [0.1, 0.15) is 18.2 Å². The molecule has 0 saturated carbocycles. The minimum Gasteiger partial charge on any atom is -0.485 e. The number of hydrogen-bond donors (Lipinski definition) is 1. The molecule has 1 aromatic heterocycles. The second-order valence-corrected chi connectivity index (χ2v) is 5.31. The van der Waals surface area contributed by atoms with Crippen LogP contribution < -0.4 is 10.1 Å². The van der Waals surface area contributed by atoms with Crippen LogP contribution in [0.1, 0.15) is 30.6 Å². The molecule has 1 N–H and O–H groups in total. The summed E-state index contributed by atoms with van der Waals surface area (Å²) in [5.41, 5.74) is 0.978. The van der Waals surface area contributed by atoms with Crippen molar-refractivity contribution in [3.63, 3.8) is 0 Å². The van der Waals surface area contributed by atoms with Crippen molar-refractivity contribution in [1.29, 1.82) is 0 Å². The molecular formula is C15H21ClN4O. The maximum Gasteiger partial charge on any atom is 0.170 e. The lowest BCUT2D eigenvalue weighted by Gasteiger charge is -2.13. The molecule has 6 heteroatoms. The maximum absolute atomic E-state index is 6.27. The van der Waals surface area contributed by atoms with Crippen molar-refractivity contribution in [3.05, 3.63) is 40.4 Å². The Kier molecular flexibility index (Phi) is 5.59. The van der Waals surface area contributed by atoms with Crippen LogP contribution in [0.15, 0.2) is 18.2 Å². The fraction of sp³-hybridized carbons (Fsp3) is 0.467. The van der Waals surface area contributed by atoms with Crippen LogP contribution >= 0.6 is 11.6 Å². The van der Waals surface area contributed by atoms with Gasteiger partial charge in [-0.15, -0.1) is 10.2 Å². The standard InChI is InChI=1S/C15H21ClN4O/c1-4-8-17-9-12-13(16)6-5-7-14(12)21-10-15-19-18-11(2)20(15)3/h5-7,17H,4,8-10H2,1-3H3. The van der Waals surface area contributed by atoms with E-state index in [2.05, 4.69) is 22.4 Å². The number of nitrogens with zero attached hydrogens (tertiary/aromatic N) is 3. The first-order valence-electron chi connectivity index (χ1n) is 7.09. The number of aromatic nitrogens is 3. The molecule has 0 spiro atoms. The van der Waals surface area contributed by atoms with Gasteiger partial charge >= 0.3 is 0 Å². The number of aryl methyl sites for hydroxylation is 1. The van der Waals surface area contributed by atoms with Gasteiger partial charge in [0.25, 0.3) is 0 Å². The van der Waals surface area contributed by atoms with Crippen molar-refractivity contribution < 1.29 is 4.74 Å². The topological polar surface area (TPSA) is 52.0 Å². The SMILES string of the molecule is CCCNCc1c(Cl)cccc1OCc1nnc(C)n1C. The van der Waals surface area contributed by atoms with Gasteiger partial charge in [-0.3, -0.25) is 0 Å². The number of hydrogen-bond acceptors (Lipinski definition) is 4. The second-order valence-electron chi connectivity index (χ2n) is 4.90. The highest BCUT2D eigenvalue weighted by atomic mass is 35.5. The van der Waals surface area contributed by atoms with E-state index in [1.807, 2.05) is 36.7 Å². The molecule has 0 saturated heterocycles. The smallest absolute Gasteiger partial charge is 0.170 e. The van der Waals surface area contributed by atoms with E-state index < -0.39 is 0 Å². The van der Waals surface area contributed by atoms with Gasteiger partial charge in [-0.25, -0.2) is 0 Å². The Morgan fingerprint density at radius 2 is 2.14 bits per heavy atom. The molecule has 1 heterocycles. The predicted molar refractivity (Wildman–Crippen MR) is 83.5 cm³/mol. The Hall–Kier alpha value is -1.59. The Morgan fingerprint density at radius 3 is 2.81 bits per heavy atom. The number of nitrogens with one attached hydrogen (secondary N) is 1. The molecule has 0 amide bonds. The van der Waals surface area contributed by atoms with E-state index in [0.717, 1.165) is 35.9 Å². The third-order valence-electron chi connectivity index (χ3n) is 3.34. The van der Waals surface area contributed by atoms with Gasteiger partial charge in [0.05, 0.1) is 0 Å². The second kappa shape index (κ2) is 7.43. The molecule has 21 heavy (non-hydrogen) atoms. The van der Waals surface area contributed by atoms with Crippen LogP contribution in [-0.4, -0.2) is 21.3 Å². The fourth-order valence-electron chi connectivity index (χ4n) is 1.95. The minimum atomic E-state index is 0.373. The molecule has 2 aromatic rings. The van der Waals surface area contributed by atoms with Crippen molar-refractivity contribution in [2.24, 2.45) is 7.05 Å². The zero-order valence-corrected chi connectivity index (χ0v) is 13.4. The average Bonchev–Trinajstić information content (AvgIpc) is 2.79. The summed E-state index contributed by atoms with van der Waals surface area (Å²) in [6.07, 6.45) is 1.08. The fourth-order valence-corrected chi connectivity index (χ4v) is 2.19. The van der Waals surface area contributed by atoms with Crippen LogP contribution in [0.2, 0.25) is 5.02 Å². The number of halogens is 1. The molecular weight excluding hydrogens is 288 g/mol. The first-order chi connectivity index (χ1) is 10.1. The van der Waals surface area contributed by atoms with E-state index in [1.165, 1.54) is 0 Å². The lowest BCUT2D eigenvalue weighted by molar-refractivity contribution is 0.287. The lowest BCUT2D eigenvalue weighted by Crippen LogP contribution is -2.15. The van der Waals surface area contributed by atoms with Crippen LogP contribution in [0.5, 0.6) is 5.75 Å². The molecule has 0 aliphatic rings. The van der Waals surface area contributed by atoms with Crippen LogP contribution in [0.4, 0.5) is 0 Å². The minimum absolute atomic E-state index is 0.373. The van der Waals surface area contributed by atoms with Crippen molar-refractivity contribution in [2.45, 2.75) is 33.4 Å². The van der Waals surface area contributed by atoms with E-state index in [0.29, 0.717) is 18.2 Å². The number of benzene rings is 1. The quantitative estimate of drug-likeness (QED) is 0.799. The van der Waals surface area contributed by atoms with Crippen molar-refractivity contribution in [3.8, 4) is 5.75 Å². The molecule has 0 radical (unpaired) electrons. The summed E-state index contributed by atoms with van der Waals surface area (Å²) in [7, 11) is 1.93. The van der Waals surface area contributed by atoms with Crippen molar-refractivity contribution >= 4 is 11.6 Å². The van der Waals surface area contributed by atoms with Gasteiger partial charge in [0.15, 0.2) is 5.82 Å². The van der Waals surface area contributed by atoms with Gasteiger partial charge in [-0.1, -0.05) is 24.6 Å². The van der Waals surface area contributed by atoms with Crippen LogP contribution in [0.25, 0.3) is 0 Å². The molecule has 114 valence electrons. The van der Waals surface area contributed by atoms with Crippen LogP contribution in [-0.2, 0) is 20.2 Å². The largest absolute Gasteiger partial charge is 0.485 e. The van der Waals surface area contributed by atoms with Crippen molar-refractivity contribution in [2.75, 3.05) is 6.54 Å². The van der Waals surface area contributed by atoms with Gasteiger partial charge in [0.2, 0.25) is 0 Å². The van der Waals surface area contributed by atoms with Gasteiger partial charge in [0, 0.05) is 24.2 Å². The maximum atomic E-state index is 6.27. The summed E-state index contributed by atoms with van der Waals surface area (Å²) in [4.78, 5) is 0. The van der Waals surface area contributed by atoms with E-state index >= 15 is 0 Å². The molecule has 0 aliphatic heterocycles. The van der Waals surface area contributed by atoms with Crippen LogP contribution in [0, 0.1) is 6.92 Å². The highest BCUT2D eigenvalue weighted by molar-refractivity contribution is 6.31. The zero-order chi connectivity index (χ0) is 15.2. The third kappa shape index (κ3) is 3.95. The van der Waals surface area contributed by atoms with E-state index in [4.69, 9.17) is 16.3 Å². The summed E-state index contributed by atoms with van der Waals surface area (Å²) >= 11 is 6.27. The summed E-state index contributed by atoms with van der Waals surface area (Å²) < 4.78 is 7.80. The van der Waals surface area contributed by atoms with E-state index in [9.17, 15) is 0 Å². The molecule has 0 aliphatic carbocycles. The van der Waals surface area contributed by atoms with Crippen LogP contribution in [0.3, 0.4) is 0 Å². The third-order valence-corrected chi connectivity index (χ3v) is 3.70. The monoisotopic (exact) mass is 308 g/mol. The molecule has 0 unspecified atom stereocenters. The first kappa shape index (κ1) is 15.8. The molecule has 0 bridgehead atoms. The number of ether oxygens (including phenoxy) is 1. The number of rotatable bonds is 7. The summed E-state index contributed by atoms with van der Waals surface area (Å²) in [6.45, 7) is 6.07. The van der Waals surface area contributed by atoms with E-state index in [-0.39, 0.29) is 0 Å². The normalized spacial score (nSPS) is 10.9. The summed E-state index contributed by atoms with van der Waals surface area (Å²) in [5, 5.41) is 12.2. The Morgan fingerprint density at radius 1 is 1.33 bits per heavy atom. The molecule has 2 rings (SSSR count). The molecule has 1 aromatic carbocycles. The Bertz CT molecular complexity index is 597. The molecule has 0 atom stereocenters. The average molecular weight is 309 g/mol. The van der Waals surface area contributed by atoms with Crippen molar-refractivity contribution in [1.82, 2.24) is 20.1 Å². The van der Waals surface area contributed by atoms with Gasteiger partial charge in [-0.05, 0) is 32.0 Å². The highest BCUT2D eigenvalue weighted by Crippen LogP contribution is 2.27. The summed E-state index contributed by atoms with van der Waals surface area (Å²) in [5.74, 6) is 2.44. The summed E-state index contributed by atoms with van der Waals surface area (Å²) in [6, 6.07) is 5.70. The van der Waals surface area contributed by atoms with E-state index in [1.54, 1.807) is 0 Å². The predicted octanol–water partition coefficient (Wildman–Crippen LogP) is 2.86. The molecule has 0 fully saturated rings. The molecule has 5 nitrogen and oxygen atoms in total. The first-order valence-corrected chi connectivity index (χ1v) is 7.47. The Labute approximate surface area is 130 Å². The zero-order valence-electron chi connectivity index (χ0n) is 12.7.